The summed E-state index contributed by atoms with van der Waals surface area (Å²) in [7, 11) is 2.23. The quantitative estimate of drug-likeness (QED) is 0.788. The predicted molar refractivity (Wildman–Crippen MR) is 73.4 cm³/mol. The van der Waals surface area contributed by atoms with Crippen LogP contribution in [0.1, 0.15) is 40.0 Å². The Hall–Kier alpha value is -0.120. The van der Waals surface area contributed by atoms with Crippen LogP contribution in [0.2, 0.25) is 0 Å². The van der Waals surface area contributed by atoms with Gasteiger partial charge in [0.25, 0.3) is 0 Å². The lowest BCUT2D eigenvalue weighted by molar-refractivity contribution is 0.166. The second-order valence-electron chi connectivity index (χ2n) is 6.85. The minimum absolute atomic E-state index is 0.337. The molecular weight excluding hydrogens is 210 g/mol. The molecule has 1 atom stereocenters. The van der Waals surface area contributed by atoms with Gasteiger partial charge in [0, 0.05) is 30.7 Å². The molecule has 0 aromatic heterocycles. The van der Waals surface area contributed by atoms with Crippen LogP contribution in [0, 0.1) is 0 Å². The monoisotopic (exact) mass is 239 g/mol. The van der Waals surface area contributed by atoms with E-state index in [0.717, 1.165) is 12.1 Å². The standard InChI is InChI=1S/C14H29N3/c1-14(2,3)17-10-7-13(11-17)15-12-5-8-16(4)9-6-12/h12-13,15H,5-11H2,1-4H3. The minimum atomic E-state index is 0.337. The van der Waals surface area contributed by atoms with Crippen LogP contribution in [0.5, 0.6) is 0 Å². The number of rotatable bonds is 2. The lowest BCUT2D eigenvalue weighted by atomic mass is 10.0. The molecule has 17 heavy (non-hydrogen) atoms. The number of nitrogens with one attached hydrogen (secondary N) is 1. The third-order valence-corrected chi connectivity index (χ3v) is 4.33. The van der Waals surface area contributed by atoms with Gasteiger partial charge in [-0.1, -0.05) is 0 Å². The number of nitrogens with zero attached hydrogens (tertiary/aromatic N) is 2. The van der Waals surface area contributed by atoms with E-state index in [1.807, 2.05) is 0 Å². The van der Waals surface area contributed by atoms with E-state index in [-0.39, 0.29) is 0 Å². The van der Waals surface area contributed by atoms with Gasteiger partial charge in [0.05, 0.1) is 0 Å². The fraction of sp³-hybridized carbons (Fsp3) is 1.00. The molecule has 2 rings (SSSR count). The van der Waals surface area contributed by atoms with Gasteiger partial charge in [-0.15, -0.1) is 0 Å². The van der Waals surface area contributed by atoms with Crippen LogP contribution < -0.4 is 5.32 Å². The van der Waals surface area contributed by atoms with Crippen molar-refractivity contribution in [3.63, 3.8) is 0 Å². The molecule has 2 fully saturated rings. The summed E-state index contributed by atoms with van der Waals surface area (Å²) in [5.74, 6) is 0. The van der Waals surface area contributed by atoms with Crippen LogP contribution in [-0.4, -0.2) is 60.6 Å². The summed E-state index contributed by atoms with van der Waals surface area (Å²) in [6.07, 6.45) is 3.97. The molecule has 0 aliphatic carbocycles. The molecule has 3 nitrogen and oxygen atoms in total. The first-order valence-corrected chi connectivity index (χ1v) is 7.15. The minimum Gasteiger partial charge on any atom is -0.310 e. The summed E-state index contributed by atoms with van der Waals surface area (Å²) in [4.78, 5) is 5.05. The van der Waals surface area contributed by atoms with E-state index >= 15 is 0 Å². The second-order valence-corrected chi connectivity index (χ2v) is 6.85. The summed E-state index contributed by atoms with van der Waals surface area (Å²) in [5.41, 5.74) is 0.337. The SMILES string of the molecule is CN1CCC(NC2CCN(C(C)(C)C)C2)CC1. The number of likely N-dealkylation sites (tertiary alicyclic amines) is 2. The first-order valence-electron chi connectivity index (χ1n) is 7.15. The van der Waals surface area contributed by atoms with Crippen LogP contribution in [0.3, 0.4) is 0 Å². The summed E-state index contributed by atoms with van der Waals surface area (Å²) < 4.78 is 0. The van der Waals surface area contributed by atoms with Gasteiger partial charge >= 0.3 is 0 Å². The molecule has 0 bridgehead atoms. The highest BCUT2D eigenvalue weighted by molar-refractivity contribution is 4.90. The van der Waals surface area contributed by atoms with Crippen molar-refractivity contribution in [3.8, 4) is 0 Å². The van der Waals surface area contributed by atoms with Crippen LogP contribution >= 0.6 is 0 Å². The number of hydrogen-bond acceptors (Lipinski definition) is 3. The molecular formula is C14H29N3. The first kappa shape index (κ1) is 13.3. The third-order valence-electron chi connectivity index (χ3n) is 4.33. The largest absolute Gasteiger partial charge is 0.310 e. The first-order chi connectivity index (χ1) is 7.95. The Morgan fingerprint density at radius 3 is 2.06 bits per heavy atom. The number of piperidine rings is 1. The average molecular weight is 239 g/mol. The molecule has 3 heteroatoms. The zero-order valence-corrected chi connectivity index (χ0v) is 12.0. The fourth-order valence-corrected chi connectivity index (χ4v) is 3.01. The Bertz CT molecular complexity index is 238. The maximum Gasteiger partial charge on any atom is 0.0210 e. The van der Waals surface area contributed by atoms with Crippen LogP contribution in [0.15, 0.2) is 0 Å². The lowest BCUT2D eigenvalue weighted by Crippen LogP contribution is -2.47. The molecule has 2 aliphatic rings. The molecule has 0 amide bonds. The van der Waals surface area contributed by atoms with Crippen molar-refractivity contribution in [2.75, 3.05) is 33.2 Å². The van der Waals surface area contributed by atoms with Crippen LogP contribution in [0.4, 0.5) is 0 Å². The second kappa shape index (κ2) is 5.25. The average Bonchev–Trinajstić information content (AvgIpc) is 2.69. The summed E-state index contributed by atoms with van der Waals surface area (Å²) in [6, 6.07) is 1.48. The molecule has 0 aromatic rings. The van der Waals surface area contributed by atoms with Crippen molar-refractivity contribution in [3.05, 3.63) is 0 Å². The summed E-state index contributed by atoms with van der Waals surface area (Å²) in [5, 5.41) is 3.87. The Morgan fingerprint density at radius 2 is 1.53 bits per heavy atom. The highest BCUT2D eigenvalue weighted by atomic mass is 15.2. The smallest absolute Gasteiger partial charge is 0.0210 e. The van der Waals surface area contributed by atoms with E-state index < -0.39 is 0 Å². The van der Waals surface area contributed by atoms with Gasteiger partial charge in [-0.05, 0) is 60.2 Å². The van der Waals surface area contributed by atoms with Crippen molar-refractivity contribution in [2.24, 2.45) is 0 Å². The predicted octanol–water partition coefficient (Wildman–Crippen LogP) is 1.54. The molecule has 0 radical (unpaired) electrons. The van der Waals surface area contributed by atoms with Crippen molar-refractivity contribution in [2.45, 2.75) is 57.7 Å². The fourth-order valence-electron chi connectivity index (χ4n) is 3.01. The van der Waals surface area contributed by atoms with E-state index in [2.05, 4.69) is 42.9 Å². The van der Waals surface area contributed by atoms with Gasteiger partial charge in [-0.25, -0.2) is 0 Å². The molecule has 2 heterocycles. The maximum atomic E-state index is 3.87. The highest BCUT2D eigenvalue weighted by Gasteiger charge is 2.31. The Morgan fingerprint density at radius 1 is 0.941 bits per heavy atom. The van der Waals surface area contributed by atoms with Gasteiger partial charge in [-0.3, -0.25) is 4.90 Å². The van der Waals surface area contributed by atoms with E-state index in [1.165, 1.54) is 45.4 Å². The van der Waals surface area contributed by atoms with Crippen LogP contribution in [-0.2, 0) is 0 Å². The molecule has 0 saturated carbocycles. The van der Waals surface area contributed by atoms with Gasteiger partial charge in [-0.2, -0.15) is 0 Å². The van der Waals surface area contributed by atoms with Crippen LogP contribution in [0.25, 0.3) is 0 Å². The normalized spacial score (nSPS) is 30.0. The molecule has 1 N–H and O–H groups in total. The van der Waals surface area contributed by atoms with Gasteiger partial charge in [0.1, 0.15) is 0 Å². The van der Waals surface area contributed by atoms with E-state index in [1.54, 1.807) is 0 Å². The third kappa shape index (κ3) is 3.67. The van der Waals surface area contributed by atoms with Crippen molar-refractivity contribution < 1.29 is 0 Å². The topological polar surface area (TPSA) is 18.5 Å². The zero-order valence-electron chi connectivity index (χ0n) is 12.0. The van der Waals surface area contributed by atoms with E-state index in [9.17, 15) is 0 Å². The molecule has 100 valence electrons. The van der Waals surface area contributed by atoms with Gasteiger partial charge < -0.3 is 10.2 Å². The molecule has 0 aromatic carbocycles. The molecule has 2 aliphatic heterocycles. The van der Waals surface area contributed by atoms with Crippen molar-refractivity contribution >= 4 is 0 Å². The Kier molecular flexibility index (Phi) is 4.11. The van der Waals surface area contributed by atoms with E-state index in [4.69, 9.17) is 0 Å². The Labute approximate surface area is 107 Å². The lowest BCUT2D eigenvalue weighted by Gasteiger charge is -2.33. The Balaban J connectivity index is 1.74. The van der Waals surface area contributed by atoms with Crippen molar-refractivity contribution in [1.82, 2.24) is 15.1 Å². The molecule has 1 unspecified atom stereocenters. The van der Waals surface area contributed by atoms with Crippen molar-refractivity contribution in [1.29, 1.82) is 0 Å². The maximum absolute atomic E-state index is 3.87. The summed E-state index contributed by atoms with van der Waals surface area (Å²) >= 11 is 0. The summed E-state index contributed by atoms with van der Waals surface area (Å²) in [6.45, 7) is 12.0. The highest BCUT2D eigenvalue weighted by Crippen LogP contribution is 2.21. The molecule has 2 saturated heterocycles. The van der Waals surface area contributed by atoms with Gasteiger partial charge in [0.15, 0.2) is 0 Å². The van der Waals surface area contributed by atoms with E-state index in [0.29, 0.717) is 5.54 Å². The molecule has 0 spiro atoms. The zero-order chi connectivity index (χ0) is 12.5. The number of hydrogen-bond donors (Lipinski definition) is 1. The van der Waals surface area contributed by atoms with Gasteiger partial charge in [0.2, 0.25) is 0 Å².